The molecule has 0 radical (unpaired) electrons. The minimum absolute atomic E-state index is 0.0805. The summed E-state index contributed by atoms with van der Waals surface area (Å²) in [6.07, 6.45) is 0. The summed E-state index contributed by atoms with van der Waals surface area (Å²) in [5, 5.41) is -2.94. The third-order valence-electron chi connectivity index (χ3n) is 15.3. The van der Waals surface area contributed by atoms with Crippen molar-refractivity contribution < 1.29 is 60.6 Å². The average molecular weight is 1240 g/mol. The maximum atomic E-state index is 11.4. The van der Waals surface area contributed by atoms with E-state index in [9.17, 15) is 39.8 Å². The fourth-order valence-corrected chi connectivity index (χ4v) is 19.9. The van der Waals surface area contributed by atoms with Crippen molar-refractivity contribution >= 4 is 118 Å². The van der Waals surface area contributed by atoms with E-state index in [2.05, 4.69) is 0 Å². The summed E-state index contributed by atoms with van der Waals surface area (Å²) < 4.78 is 400. The van der Waals surface area contributed by atoms with Crippen molar-refractivity contribution in [2.24, 2.45) is 0 Å². The van der Waals surface area contributed by atoms with Crippen LogP contribution in [0.3, 0.4) is 0 Å². The number of rotatable bonds is 10. The number of fused-ring (bicyclic) bond motifs is 12. The van der Waals surface area contributed by atoms with Crippen LogP contribution >= 0.6 is 0 Å². The normalized spacial score (nSPS) is 19.0. The van der Waals surface area contributed by atoms with Gasteiger partial charge in [0.25, 0.3) is 0 Å². The van der Waals surface area contributed by atoms with Gasteiger partial charge in [0, 0.05) is 0 Å². The summed E-state index contributed by atoms with van der Waals surface area (Å²) in [5.74, 6) is -3.75. The van der Waals surface area contributed by atoms with E-state index >= 15 is 0 Å². The Labute approximate surface area is 572 Å². The molecule has 89 heavy (non-hydrogen) atoms. The van der Waals surface area contributed by atoms with E-state index in [0.717, 1.165) is 22.8 Å². The predicted molar refractivity (Wildman–Crippen MR) is 370 cm³/mol. The standard InChI is InChI=1S/C81H52GeN6O/c1-2-26-55(27-3-1)82(56-28-20-24-53(50-56)60-40-23-41-68-67-38-11-19-49-77(67)89-78(60)68,58-30-22-31-59(52-58)86-70-42-12-4-32-61(70)62-33-5-13-43-71(62)86)57-29-21-25-54(51-57)79-83-80(85-81(84-79)88-74-46-16-8-36-65(74)66-37-9-17-47-75(66)88)69-39-10-18-48-76(69)87-72-44-14-6-34-63(72)64-35-7-15-45-73(64)87/h1-52H/i1D,2D,3D,4D,5D,6D,7D,8D,9D,10D,12D,13D,14D,15D,16D,17D,18D,20D,21D,24D,25D,26D,27D,28D,29D,32D,33D,34D,35D,36D,37D,39D,42D,43D,44D,45D,46D,47D,48D,50D,51D. The molecule has 0 spiro atoms. The van der Waals surface area contributed by atoms with E-state index in [1.165, 1.54) is 18.2 Å². The number of nitrogens with zero attached hydrogens (tertiary/aromatic N) is 6. The van der Waals surface area contributed by atoms with Crippen LogP contribution in [0.5, 0.6) is 0 Å². The number of para-hydroxylation sites is 9. The van der Waals surface area contributed by atoms with Crippen LogP contribution in [0.25, 0.3) is 139 Å². The Morgan fingerprint density at radius 1 is 0.326 bits per heavy atom. The number of aromatic nitrogens is 6. The molecule has 1 atom stereocenters. The van der Waals surface area contributed by atoms with E-state index < -0.39 is 390 Å². The molecule has 0 saturated carbocycles. The van der Waals surface area contributed by atoms with Crippen molar-refractivity contribution in [3.05, 3.63) is 314 Å². The zero-order chi connectivity index (χ0) is 94.3. The van der Waals surface area contributed by atoms with Gasteiger partial charge in [-0.15, -0.1) is 0 Å². The molecule has 0 bridgehead atoms. The average Bonchev–Trinajstić information content (AvgIpc) is 0.881. The van der Waals surface area contributed by atoms with Crippen LogP contribution in [0.1, 0.15) is 56.2 Å². The molecule has 18 rings (SSSR count). The molecule has 416 valence electrons. The Hall–Kier alpha value is -11.4. The van der Waals surface area contributed by atoms with Gasteiger partial charge in [0.15, 0.2) is 0 Å². The van der Waals surface area contributed by atoms with E-state index in [0.29, 0.717) is 19.9 Å². The van der Waals surface area contributed by atoms with Gasteiger partial charge >= 0.3 is 553 Å². The Morgan fingerprint density at radius 2 is 0.809 bits per heavy atom. The minimum atomic E-state index is -7.70. The SMILES string of the molecule is [2H]c1c([2H])c([2H])[c]([Ge]([c]2cccc(-n3c4c([2H])c([2H])c([2H])c([2H])c4c4c([2H])c([2H])c([2H])c([2H])c43)c2)([c]2c([2H])c([2H])c([2H])c(-c3nc(-c4c([2H])c([2H])c([2H])c([2H])c4-n4c5c([2H])c([2H])c([2H])c([2H])c5c5c([2H])c([2H])c([2H])c([2H])c54)nc(-n4c5c([2H])c([2H])c([2H])c([2H])c5c5c([2H])c([2H])c([2H])c([2H])c54)n3)c2[2H])[c]2c([2H])c([2H])c([2H])c(-c3cccc4c3oc3ccccc34)c2[2H])c([2H])c1[2H]. The van der Waals surface area contributed by atoms with Gasteiger partial charge in [0.05, 0.1) is 8.22 Å². The predicted octanol–water partition coefficient (Wildman–Crippen LogP) is 17.4. The molecule has 7 nitrogen and oxygen atoms in total. The second-order valence-electron chi connectivity index (χ2n) is 19.9. The first kappa shape index (κ1) is 24.8. The molecule has 8 heteroatoms. The van der Waals surface area contributed by atoms with Crippen LogP contribution in [0, 0.1) is 0 Å². The molecule has 0 saturated heterocycles. The molecule has 0 aliphatic rings. The molecule has 5 aromatic heterocycles. The van der Waals surface area contributed by atoms with E-state index in [1.807, 2.05) is 0 Å². The molecular weight excluding hydrogens is 1150 g/mol. The molecule has 0 N–H and O–H groups in total. The monoisotopic (exact) mass is 1240 g/mol. The van der Waals surface area contributed by atoms with E-state index in [4.69, 9.17) is 35.8 Å². The van der Waals surface area contributed by atoms with Gasteiger partial charge in [-0.2, -0.15) is 0 Å². The van der Waals surface area contributed by atoms with Crippen molar-refractivity contribution in [2.45, 2.75) is 0 Å². The second-order valence-corrected chi connectivity index (χ2v) is 27.4. The van der Waals surface area contributed by atoms with Gasteiger partial charge in [0.1, 0.15) is 0 Å². The summed E-state index contributed by atoms with van der Waals surface area (Å²) in [6.45, 7) is 0. The first-order valence-corrected chi connectivity index (χ1v) is 31.1. The van der Waals surface area contributed by atoms with Crippen LogP contribution in [0.4, 0.5) is 0 Å². The zero-order valence-electron chi connectivity index (χ0n) is 85.9. The fourth-order valence-electron chi connectivity index (χ4n) is 11.6. The van der Waals surface area contributed by atoms with Gasteiger partial charge in [0.2, 0.25) is 0 Å². The molecule has 0 aliphatic heterocycles. The Morgan fingerprint density at radius 3 is 1.44 bits per heavy atom. The molecule has 5 heterocycles. The molecule has 1 unspecified atom stereocenters. The molecular formula is C81H52GeN6O. The second kappa shape index (κ2) is 20.4. The molecule has 0 fully saturated rings. The Bertz CT molecular complexity index is 8150. The van der Waals surface area contributed by atoms with Crippen LogP contribution in [0.2, 0.25) is 0 Å². The third-order valence-corrected chi connectivity index (χ3v) is 24.1. The first-order valence-electron chi connectivity index (χ1n) is 47.4. The molecule has 0 amide bonds. The Balaban J connectivity index is 1.10. The van der Waals surface area contributed by atoms with Crippen molar-refractivity contribution in [1.82, 2.24) is 28.7 Å². The number of hydrogen-bond donors (Lipinski definition) is 0. The van der Waals surface area contributed by atoms with Crippen LogP contribution < -0.4 is 17.6 Å². The summed E-state index contributed by atoms with van der Waals surface area (Å²) in [6, 6.07) is -28.7. The number of furan rings is 1. The summed E-state index contributed by atoms with van der Waals surface area (Å²) in [4.78, 5) is 14.3. The van der Waals surface area contributed by atoms with Gasteiger partial charge in [-0.05, 0) is 0 Å². The number of hydrogen-bond acceptors (Lipinski definition) is 4. The van der Waals surface area contributed by atoms with Crippen molar-refractivity contribution in [2.75, 3.05) is 0 Å². The van der Waals surface area contributed by atoms with Gasteiger partial charge in [-0.1, -0.05) is 12.1 Å². The van der Waals surface area contributed by atoms with Crippen molar-refractivity contribution in [3.63, 3.8) is 0 Å². The quantitative estimate of drug-likeness (QED) is 0.128. The molecule has 13 aromatic carbocycles. The number of benzene rings is 13. The topological polar surface area (TPSA) is 66.6 Å². The van der Waals surface area contributed by atoms with E-state index in [-0.39, 0.29) is 16.7 Å². The summed E-state index contributed by atoms with van der Waals surface area (Å²) >= 11 is -7.70. The van der Waals surface area contributed by atoms with Crippen molar-refractivity contribution in [1.29, 1.82) is 0 Å². The van der Waals surface area contributed by atoms with E-state index in [1.54, 1.807) is 30.3 Å². The summed E-state index contributed by atoms with van der Waals surface area (Å²) in [5.41, 5.74) is -8.93. The third kappa shape index (κ3) is 7.88. The fraction of sp³-hybridized carbons (Fsp3) is 0. The van der Waals surface area contributed by atoms with Crippen LogP contribution in [-0.2, 0) is 0 Å². The first-order chi connectivity index (χ1) is 61.2. The zero-order valence-corrected chi connectivity index (χ0v) is 47.0. The molecule has 18 aromatic rings. The Kier molecular flexibility index (Phi) is 5.67. The summed E-state index contributed by atoms with van der Waals surface area (Å²) in [7, 11) is 0. The van der Waals surface area contributed by atoms with Crippen LogP contribution in [0.15, 0.2) is 319 Å². The molecule has 0 aliphatic carbocycles. The van der Waals surface area contributed by atoms with Gasteiger partial charge in [-0.25, -0.2) is 0 Å². The van der Waals surface area contributed by atoms with Crippen LogP contribution in [-0.4, -0.2) is 41.9 Å². The maximum absolute atomic E-state index is 11.4. The van der Waals surface area contributed by atoms with Crippen molar-refractivity contribution in [3.8, 4) is 51.2 Å². The van der Waals surface area contributed by atoms with Gasteiger partial charge < -0.3 is 0 Å². The van der Waals surface area contributed by atoms with Gasteiger partial charge in [-0.3, -0.25) is 0 Å².